The van der Waals surface area contributed by atoms with Gasteiger partial charge in [0.05, 0.1) is 0 Å². The van der Waals surface area contributed by atoms with Crippen LogP contribution in [-0.4, -0.2) is 0 Å². The lowest BCUT2D eigenvalue weighted by Gasteiger charge is -2.11. The molecule has 0 fully saturated rings. The van der Waals surface area contributed by atoms with Crippen molar-refractivity contribution in [2.24, 2.45) is 0 Å². The minimum absolute atomic E-state index is 1.09. The molecular weight excluding hydrogens is 240 g/mol. The Morgan fingerprint density at radius 2 is 1.75 bits per heavy atom. The molecule has 0 aliphatic heterocycles. The molecule has 0 nitrogen and oxygen atoms in total. The van der Waals surface area contributed by atoms with E-state index in [9.17, 15) is 0 Å². The second-order valence-electron chi connectivity index (χ2n) is 5.80. The van der Waals surface area contributed by atoms with Gasteiger partial charge in [0, 0.05) is 0 Å². The van der Waals surface area contributed by atoms with Crippen molar-refractivity contribution in [3.05, 3.63) is 70.3 Å². The van der Waals surface area contributed by atoms with E-state index in [2.05, 4.69) is 63.2 Å². The van der Waals surface area contributed by atoms with E-state index >= 15 is 0 Å². The maximum Gasteiger partial charge on any atom is -0.00107 e. The second-order valence-corrected chi connectivity index (χ2v) is 5.80. The smallest absolute Gasteiger partial charge is 0.00107 e. The molecule has 0 unspecified atom stereocenters. The van der Waals surface area contributed by atoms with E-state index in [1.54, 1.807) is 0 Å². The van der Waals surface area contributed by atoms with E-state index in [1.807, 2.05) is 0 Å². The van der Waals surface area contributed by atoms with Crippen molar-refractivity contribution in [1.82, 2.24) is 0 Å². The van der Waals surface area contributed by atoms with Crippen LogP contribution in [0.2, 0.25) is 0 Å². The van der Waals surface area contributed by atoms with Crippen LogP contribution in [0.3, 0.4) is 0 Å². The molecular formula is C20H22. The highest BCUT2D eigenvalue weighted by Crippen LogP contribution is 2.40. The summed E-state index contributed by atoms with van der Waals surface area (Å²) in [5.74, 6) is 0. The van der Waals surface area contributed by atoms with Gasteiger partial charge in [0.25, 0.3) is 0 Å². The average molecular weight is 262 g/mol. The summed E-state index contributed by atoms with van der Waals surface area (Å²) in [6, 6.07) is 15.6. The van der Waals surface area contributed by atoms with Crippen LogP contribution in [0, 0.1) is 6.92 Å². The highest BCUT2D eigenvalue weighted by molar-refractivity contribution is 5.97. The molecule has 0 amide bonds. The van der Waals surface area contributed by atoms with Crippen molar-refractivity contribution in [2.45, 2.75) is 40.0 Å². The molecule has 0 saturated carbocycles. The Hall–Kier alpha value is -1.82. The molecule has 3 rings (SSSR count). The predicted molar refractivity (Wildman–Crippen MR) is 87.8 cm³/mol. The lowest BCUT2D eigenvalue weighted by molar-refractivity contribution is 0.917. The van der Waals surface area contributed by atoms with E-state index in [1.165, 1.54) is 51.8 Å². The fraction of sp³-hybridized carbons (Fsp3) is 0.300. The lowest BCUT2D eigenvalue weighted by Crippen LogP contribution is -1.94. The third-order valence-electron chi connectivity index (χ3n) is 4.42. The topological polar surface area (TPSA) is 0 Å². The zero-order valence-electron chi connectivity index (χ0n) is 12.7. The third kappa shape index (κ3) is 2.10. The summed E-state index contributed by atoms with van der Waals surface area (Å²) in [7, 11) is 0. The molecule has 2 aromatic carbocycles. The van der Waals surface area contributed by atoms with Gasteiger partial charge in [-0.25, -0.2) is 0 Å². The van der Waals surface area contributed by atoms with Gasteiger partial charge >= 0.3 is 0 Å². The van der Waals surface area contributed by atoms with Gasteiger partial charge in [-0.1, -0.05) is 55.8 Å². The summed E-state index contributed by atoms with van der Waals surface area (Å²) in [5, 5.41) is 0. The molecule has 20 heavy (non-hydrogen) atoms. The standard InChI is InChI=1S/C20H22/c1-4-8-16-10-5-6-12-18(16)19-13-17-11-7-9-14(2)20(17)15(19)3/h5-7,9-12H,4,8,13H2,1-3H3. The molecule has 0 N–H and O–H groups in total. The molecule has 1 aliphatic rings. The summed E-state index contributed by atoms with van der Waals surface area (Å²) in [5.41, 5.74) is 10.3. The van der Waals surface area contributed by atoms with Crippen LogP contribution in [0.4, 0.5) is 0 Å². The predicted octanol–water partition coefficient (Wildman–Crippen LogP) is 5.43. The largest absolute Gasteiger partial charge is 0.0651 e. The van der Waals surface area contributed by atoms with Crippen molar-refractivity contribution >= 4 is 11.1 Å². The maximum atomic E-state index is 2.30. The van der Waals surface area contributed by atoms with Crippen LogP contribution < -0.4 is 0 Å². The summed E-state index contributed by atoms with van der Waals surface area (Å²) in [6.45, 7) is 6.77. The normalized spacial score (nSPS) is 13.8. The van der Waals surface area contributed by atoms with Gasteiger partial charge in [-0.15, -0.1) is 0 Å². The molecule has 0 radical (unpaired) electrons. The van der Waals surface area contributed by atoms with Gasteiger partial charge in [0.15, 0.2) is 0 Å². The molecule has 102 valence electrons. The number of allylic oxidation sites excluding steroid dienone is 2. The first-order valence-electron chi connectivity index (χ1n) is 7.59. The SMILES string of the molecule is CCCc1ccccc1C1=C(C)c2c(C)cccc2C1. The molecule has 2 aromatic rings. The highest BCUT2D eigenvalue weighted by atomic mass is 14.3. The molecule has 0 saturated heterocycles. The van der Waals surface area contributed by atoms with Gasteiger partial charge in [-0.3, -0.25) is 0 Å². The highest BCUT2D eigenvalue weighted by Gasteiger charge is 2.22. The van der Waals surface area contributed by atoms with E-state index in [-0.39, 0.29) is 0 Å². The maximum absolute atomic E-state index is 2.30. The number of hydrogen-bond donors (Lipinski definition) is 0. The lowest BCUT2D eigenvalue weighted by atomic mass is 9.94. The summed E-state index contributed by atoms with van der Waals surface area (Å²) >= 11 is 0. The van der Waals surface area contributed by atoms with Crippen molar-refractivity contribution in [1.29, 1.82) is 0 Å². The van der Waals surface area contributed by atoms with E-state index in [0.29, 0.717) is 0 Å². The Morgan fingerprint density at radius 3 is 2.50 bits per heavy atom. The quantitative estimate of drug-likeness (QED) is 0.691. The van der Waals surface area contributed by atoms with Crippen LogP contribution in [0.5, 0.6) is 0 Å². The molecule has 0 heterocycles. The van der Waals surface area contributed by atoms with Crippen molar-refractivity contribution in [2.75, 3.05) is 0 Å². The monoisotopic (exact) mass is 262 g/mol. The summed E-state index contributed by atoms with van der Waals surface area (Å²) in [4.78, 5) is 0. The minimum atomic E-state index is 1.09. The first-order valence-corrected chi connectivity index (χ1v) is 7.59. The number of fused-ring (bicyclic) bond motifs is 1. The number of hydrogen-bond acceptors (Lipinski definition) is 0. The number of aryl methyl sites for hydroxylation is 2. The molecule has 0 spiro atoms. The minimum Gasteiger partial charge on any atom is -0.0651 e. The van der Waals surface area contributed by atoms with Crippen LogP contribution in [0.25, 0.3) is 11.1 Å². The van der Waals surface area contributed by atoms with Gasteiger partial charge in [-0.2, -0.15) is 0 Å². The van der Waals surface area contributed by atoms with Crippen molar-refractivity contribution in [3.63, 3.8) is 0 Å². The average Bonchev–Trinajstić information content (AvgIpc) is 2.78. The first-order chi connectivity index (χ1) is 9.72. The zero-order valence-corrected chi connectivity index (χ0v) is 12.7. The van der Waals surface area contributed by atoms with E-state index in [0.717, 1.165) is 6.42 Å². The molecule has 1 aliphatic carbocycles. The molecule has 0 bridgehead atoms. The second kappa shape index (κ2) is 5.28. The first kappa shape index (κ1) is 13.2. The van der Waals surface area contributed by atoms with Crippen LogP contribution in [-0.2, 0) is 12.8 Å². The number of benzene rings is 2. The Morgan fingerprint density at radius 1 is 0.950 bits per heavy atom. The molecule has 0 atom stereocenters. The molecule has 0 aromatic heterocycles. The number of rotatable bonds is 3. The van der Waals surface area contributed by atoms with E-state index in [4.69, 9.17) is 0 Å². The zero-order chi connectivity index (χ0) is 14.1. The Bertz CT molecular complexity index is 674. The summed E-state index contributed by atoms with van der Waals surface area (Å²) < 4.78 is 0. The fourth-order valence-corrected chi connectivity index (χ4v) is 3.49. The van der Waals surface area contributed by atoms with Crippen LogP contribution in [0.1, 0.15) is 48.1 Å². The Balaban J connectivity index is 2.12. The Labute approximate surface area is 122 Å². The summed E-state index contributed by atoms with van der Waals surface area (Å²) in [6.07, 6.45) is 3.46. The van der Waals surface area contributed by atoms with Gasteiger partial charge < -0.3 is 0 Å². The van der Waals surface area contributed by atoms with Gasteiger partial charge in [-0.05, 0) is 65.7 Å². The van der Waals surface area contributed by atoms with Crippen molar-refractivity contribution in [3.8, 4) is 0 Å². The third-order valence-corrected chi connectivity index (χ3v) is 4.42. The Kier molecular flexibility index (Phi) is 3.48. The van der Waals surface area contributed by atoms with Gasteiger partial charge in [0.1, 0.15) is 0 Å². The van der Waals surface area contributed by atoms with Crippen molar-refractivity contribution < 1.29 is 0 Å². The van der Waals surface area contributed by atoms with E-state index < -0.39 is 0 Å². The fourth-order valence-electron chi connectivity index (χ4n) is 3.49. The van der Waals surface area contributed by atoms with Crippen LogP contribution >= 0.6 is 0 Å². The molecule has 0 heteroatoms. The van der Waals surface area contributed by atoms with Gasteiger partial charge in [0.2, 0.25) is 0 Å². The van der Waals surface area contributed by atoms with Crippen LogP contribution in [0.15, 0.2) is 42.5 Å².